The minimum Gasteiger partial charge on any atom is -0.361 e. The zero-order chi connectivity index (χ0) is 20.1. The number of carbonyl (C=O) groups excluding carboxylic acids is 1. The van der Waals surface area contributed by atoms with Crippen LogP contribution in [0.25, 0.3) is 33.3 Å². The summed E-state index contributed by atoms with van der Waals surface area (Å²) in [6.07, 6.45) is 4.04. The van der Waals surface area contributed by atoms with E-state index < -0.39 is 0 Å². The van der Waals surface area contributed by atoms with Gasteiger partial charge in [0.25, 0.3) is 11.6 Å². The number of hydrogen-bond donors (Lipinski definition) is 2. The quantitative estimate of drug-likeness (QED) is 0.421. The molecule has 6 rings (SSSR count). The van der Waals surface area contributed by atoms with E-state index in [4.69, 9.17) is 4.52 Å². The predicted octanol–water partition coefficient (Wildman–Crippen LogP) is 5.50. The van der Waals surface area contributed by atoms with E-state index in [2.05, 4.69) is 20.4 Å². The average Bonchev–Trinajstić information content (AvgIpc) is 3.36. The van der Waals surface area contributed by atoms with Gasteiger partial charge in [0.1, 0.15) is 5.69 Å². The highest BCUT2D eigenvalue weighted by molar-refractivity contribution is 6.16. The summed E-state index contributed by atoms with van der Waals surface area (Å²) in [7, 11) is 0. The van der Waals surface area contributed by atoms with Crippen LogP contribution >= 0.6 is 0 Å². The largest absolute Gasteiger partial charge is 0.361 e. The van der Waals surface area contributed by atoms with Gasteiger partial charge in [-0.1, -0.05) is 41.6 Å². The van der Waals surface area contributed by atoms with Crippen molar-refractivity contribution in [2.75, 3.05) is 5.32 Å². The van der Waals surface area contributed by atoms with E-state index in [0.717, 1.165) is 40.7 Å². The Morgan fingerprint density at radius 3 is 2.77 bits per heavy atom. The van der Waals surface area contributed by atoms with Gasteiger partial charge >= 0.3 is 0 Å². The van der Waals surface area contributed by atoms with Crippen LogP contribution in [-0.4, -0.2) is 21.0 Å². The molecule has 3 heterocycles. The first-order valence-electron chi connectivity index (χ1n) is 10.0. The molecule has 5 aromatic rings. The number of aromatic amines is 1. The van der Waals surface area contributed by atoms with Gasteiger partial charge in [0.2, 0.25) is 0 Å². The normalized spacial score (nSPS) is 13.7. The molecule has 1 fully saturated rings. The summed E-state index contributed by atoms with van der Waals surface area (Å²) in [5.74, 6) is 0.192. The van der Waals surface area contributed by atoms with Crippen LogP contribution in [0.15, 0.2) is 71.4 Å². The zero-order valence-corrected chi connectivity index (χ0v) is 16.1. The molecular formula is C24H18N4O2. The number of pyridine rings is 1. The Kier molecular flexibility index (Phi) is 3.71. The third-order valence-electron chi connectivity index (χ3n) is 5.60. The van der Waals surface area contributed by atoms with E-state index in [1.54, 1.807) is 0 Å². The second-order valence-electron chi connectivity index (χ2n) is 7.64. The number of amides is 1. The molecule has 1 saturated carbocycles. The molecule has 0 aliphatic heterocycles. The van der Waals surface area contributed by atoms with Gasteiger partial charge < -0.3 is 14.8 Å². The third-order valence-corrected chi connectivity index (χ3v) is 5.60. The van der Waals surface area contributed by atoms with Crippen molar-refractivity contribution in [2.24, 2.45) is 0 Å². The van der Waals surface area contributed by atoms with Crippen molar-refractivity contribution in [2.45, 2.75) is 18.8 Å². The smallest absolute Gasteiger partial charge is 0.259 e. The Morgan fingerprint density at radius 2 is 1.93 bits per heavy atom. The SMILES string of the molecule is O=C(Nc1cccc2[nH]ccc12)c1cc(C2CC2)nc2onc(-c3ccccc3)c12. The number of hydrogen-bond acceptors (Lipinski definition) is 4. The maximum absolute atomic E-state index is 13.5. The number of nitrogens with one attached hydrogen (secondary N) is 2. The fraction of sp³-hybridized carbons (Fsp3) is 0.125. The number of H-pyrrole nitrogens is 1. The molecular weight excluding hydrogens is 376 g/mol. The van der Waals surface area contributed by atoms with Crippen LogP contribution < -0.4 is 5.32 Å². The topological polar surface area (TPSA) is 83.8 Å². The number of nitrogens with zero attached hydrogens (tertiary/aromatic N) is 2. The van der Waals surface area contributed by atoms with E-state index in [0.29, 0.717) is 28.3 Å². The first-order valence-corrected chi connectivity index (χ1v) is 10.0. The molecule has 3 aromatic heterocycles. The molecule has 1 amide bonds. The van der Waals surface area contributed by atoms with Crippen LogP contribution in [0.4, 0.5) is 5.69 Å². The minimum absolute atomic E-state index is 0.196. The van der Waals surface area contributed by atoms with Crippen molar-refractivity contribution < 1.29 is 9.32 Å². The fourth-order valence-corrected chi connectivity index (χ4v) is 3.91. The number of carbonyl (C=O) groups is 1. The predicted molar refractivity (Wildman–Crippen MR) is 115 cm³/mol. The van der Waals surface area contributed by atoms with Crippen LogP contribution in [0, 0.1) is 0 Å². The Bertz CT molecular complexity index is 1400. The number of benzene rings is 2. The molecule has 2 aromatic carbocycles. The molecule has 0 saturated heterocycles. The summed E-state index contributed by atoms with van der Waals surface area (Å²) in [4.78, 5) is 21.3. The van der Waals surface area contributed by atoms with Crippen LogP contribution in [0.5, 0.6) is 0 Å². The van der Waals surface area contributed by atoms with Gasteiger partial charge in [0, 0.05) is 34.3 Å². The second-order valence-corrected chi connectivity index (χ2v) is 7.64. The van der Waals surface area contributed by atoms with Crippen molar-refractivity contribution in [3.05, 3.63) is 78.1 Å². The molecule has 1 aliphatic rings. The van der Waals surface area contributed by atoms with Crippen LogP contribution in [0.3, 0.4) is 0 Å². The Morgan fingerprint density at radius 1 is 1.07 bits per heavy atom. The monoisotopic (exact) mass is 394 g/mol. The lowest BCUT2D eigenvalue weighted by molar-refractivity contribution is 0.102. The van der Waals surface area contributed by atoms with Crippen LogP contribution in [0.1, 0.15) is 34.8 Å². The minimum atomic E-state index is -0.196. The van der Waals surface area contributed by atoms with Crippen molar-refractivity contribution >= 4 is 33.6 Å². The van der Waals surface area contributed by atoms with Gasteiger partial charge in [-0.3, -0.25) is 4.79 Å². The molecule has 6 nitrogen and oxygen atoms in total. The van der Waals surface area contributed by atoms with Gasteiger partial charge in [-0.25, -0.2) is 4.98 Å². The molecule has 0 unspecified atom stereocenters. The molecule has 2 N–H and O–H groups in total. The molecule has 30 heavy (non-hydrogen) atoms. The second kappa shape index (κ2) is 6.56. The highest BCUT2D eigenvalue weighted by Crippen LogP contribution is 2.41. The summed E-state index contributed by atoms with van der Waals surface area (Å²) in [5, 5.41) is 8.94. The summed E-state index contributed by atoms with van der Waals surface area (Å²) in [5.41, 5.74) is 5.08. The summed E-state index contributed by atoms with van der Waals surface area (Å²) < 4.78 is 5.57. The van der Waals surface area contributed by atoms with E-state index >= 15 is 0 Å². The molecule has 0 bridgehead atoms. The summed E-state index contributed by atoms with van der Waals surface area (Å²) in [6, 6.07) is 19.4. The van der Waals surface area contributed by atoms with Gasteiger partial charge in [-0.05, 0) is 37.1 Å². The van der Waals surface area contributed by atoms with Crippen LogP contribution in [0.2, 0.25) is 0 Å². The highest BCUT2D eigenvalue weighted by atomic mass is 16.5. The Labute approximate surface area is 171 Å². The van der Waals surface area contributed by atoms with E-state index in [1.807, 2.05) is 66.9 Å². The lowest BCUT2D eigenvalue weighted by atomic mass is 10.0. The average molecular weight is 394 g/mol. The maximum Gasteiger partial charge on any atom is 0.259 e. The van der Waals surface area contributed by atoms with Gasteiger partial charge in [-0.15, -0.1) is 0 Å². The molecule has 0 radical (unpaired) electrons. The van der Waals surface area contributed by atoms with E-state index in [9.17, 15) is 4.79 Å². The Balaban J connectivity index is 1.50. The standard InChI is InChI=1S/C24H18N4O2/c29-23(26-19-8-4-7-18-16(19)11-12-25-18)17-13-20(14-9-10-14)27-24-21(17)22(28-30-24)15-5-2-1-3-6-15/h1-8,11-14,25H,9-10H2,(H,26,29). The lowest BCUT2D eigenvalue weighted by Crippen LogP contribution is -2.13. The molecule has 0 atom stereocenters. The lowest BCUT2D eigenvalue weighted by Gasteiger charge is -2.09. The number of anilines is 1. The molecule has 1 aliphatic carbocycles. The van der Waals surface area contributed by atoms with Gasteiger partial charge in [-0.2, -0.15) is 0 Å². The maximum atomic E-state index is 13.5. The third kappa shape index (κ3) is 2.76. The van der Waals surface area contributed by atoms with E-state index in [-0.39, 0.29) is 5.91 Å². The molecule has 0 spiro atoms. The van der Waals surface area contributed by atoms with Crippen molar-refractivity contribution in [1.82, 2.24) is 15.1 Å². The first-order chi connectivity index (χ1) is 14.8. The highest BCUT2D eigenvalue weighted by Gasteiger charge is 2.29. The zero-order valence-electron chi connectivity index (χ0n) is 16.1. The van der Waals surface area contributed by atoms with Crippen molar-refractivity contribution in [3.63, 3.8) is 0 Å². The van der Waals surface area contributed by atoms with Crippen LogP contribution in [-0.2, 0) is 0 Å². The van der Waals surface area contributed by atoms with Gasteiger partial charge in [0.15, 0.2) is 0 Å². The van der Waals surface area contributed by atoms with Crippen molar-refractivity contribution in [1.29, 1.82) is 0 Å². The molecule has 146 valence electrons. The number of rotatable bonds is 4. The summed E-state index contributed by atoms with van der Waals surface area (Å²) in [6.45, 7) is 0. The summed E-state index contributed by atoms with van der Waals surface area (Å²) >= 11 is 0. The number of aromatic nitrogens is 3. The molecule has 6 heteroatoms. The Hall–Kier alpha value is -3.93. The fourth-order valence-electron chi connectivity index (χ4n) is 3.91. The van der Waals surface area contributed by atoms with Gasteiger partial charge in [0.05, 0.1) is 16.6 Å². The number of fused-ring (bicyclic) bond motifs is 2. The van der Waals surface area contributed by atoms with E-state index in [1.165, 1.54) is 0 Å². The van der Waals surface area contributed by atoms with Crippen molar-refractivity contribution in [3.8, 4) is 11.3 Å². The first kappa shape index (κ1) is 17.0.